The first kappa shape index (κ1) is 15.0. The van der Waals surface area contributed by atoms with E-state index in [-0.39, 0.29) is 17.3 Å². The predicted molar refractivity (Wildman–Crippen MR) is 75.4 cm³/mol. The second-order valence-electron chi connectivity index (χ2n) is 4.18. The van der Waals surface area contributed by atoms with Crippen LogP contribution in [0.4, 0.5) is 5.69 Å². The van der Waals surface area contributed by atoms with Crippen molar-refractivity contribution in [2.45, 2.75) is 13.5 Å². The van der Waals surface area contributed by atoms with Crippen LogP contribution in [0.25, 0.3) is 0 Å². The molecule has 2 aromatic rings. The Morgan fingerprint density at radius 2 is 2.29 bits per heavy atom. The van der Waals surface area contributed by atoms with Crippen LogP contribution in [0, 0.1) is 10.1 Å². The normalized spacial score (nSPS) is 10.4. The first-order chi connectivity index (χ1) is 10.0. The second-order valence-corrected chi connectivity index (χ2v) is 4.59. The molecule has 0 aliphatic carbocycles. The number of carbonyl (C=O) groups is 1. The number of non-ortho nitro benzene ring substituents is 1. The summed E-state index contributed by atoms with van der Waals surface area (Å²) < 4.78 is 6.38. The molecule has 0 saturated heterocycles. The number of halogens is 1. The minimum absolute atomic E-state index is 0.0728. The average molecular weight is 310 g/mol. The van der Waals surface area contributed by atoms with Gasteiger partial charge in [-0.15, -0.1) is 0 Å². The monoisotopic (exact) mass is 309 g/mol. The molecule has 0 fully saturated rings. The molecule has 7 nitrogen and oxygen atoms in total. The van der Waals surface area contributed by atoms with Crippen LogP contribution < -0.4 is 0 Å². The lowest BCUT2D eigenvalue weighted by Crippen LogP contribution is -2.04. The van der Waals surface area contributed by atoms with Crippen molar-refractivity contribution in [3.63, 3.8) is 0 Å². The fourth-order valence-electron chi connectivity index (χ4n) is 1.72. The molecule has 0 amide bonds. The van der Waals surface area contributed by atoms with E-state index in [1.165, 1.54) is 29.2 Å². The molecule has 0 spiro atoms. The Balaban J connectivity index is 2.15. The van der Waals surface area contributed by atoms with Gasteiger partial charge < -0.3 is 4.74 Å². The highest BCUT2D eigenvalue weighted by atomic mass is 35.5. The maximum absolute atomic E-state index is 11.5. The molecule has 0 N–H and O–H groups in total. The summed E-state index contributed by atoms with van der Waals surface area (Å²) in [6.07, 6.45) is 2.94. The molecule has 0 atom stereocenters. The molecule has 0 radical (unpaired) electrons. The zero-order chi connectivity index (χ0) is 15.4. The van der Waals surface area contributed by atoms with Gasteiger partial charge in [-0.25, -0.2) is 4.79 Å². The van der Waals surface area contributed by atoms with Gasteiger partial charge in [-0.2, -0.15) is 5.10 Å². The lowest BCUT2D eigenvalue weighted by molar-refractivity contribution is -0.384. The van der Waals surface area contributed by atoms with Gasteiger partial charge in [0.1, 0.15) is 0 Å². The number of nitro benzene ring substituents is 1. The third kappa shape index (κ3) is 3.57. The topological polar surface area (TPSA) is 87.3 Å². The van der Waals surface area contributed by atoms with Crippen LogP contribution in [-0.2, 0) is 11.3 Å². The van der Waals surface area contributed by atoms with Gasteiger partial charge >= 0.3 is 5.97 Å². The maximum atomic E-state index is 11.5. The van der Waals surface area contributed by atoms with Crippen molar-refractivity contribution in [1.29, 1.82) is 0 Å². The number of carbonyl (C=O) groups excluding carboxylic acids is 1. The molecule has 2 rings (SSSR count). The van der Waals surface area contributed by atoms with Crippen molar-refractivity contribution in [3.8, 4) is 0 Å². The smallest absolute Gasteiger partial charge is 0.341 e. The molecule has 0 aliphatic rings. The summed E-state index contributed by atoms with van der Waals surface area (Å²) in [5, 5.41) is 15.0. The number of hydrogen-bond donors (Lipinski definition) is 0. The molecule has 0 saturated carbocycles. The Bertz CT molecular complexity index is 684. The van der Waals surface area contributed by atoms with E-state index < -0.39 is 10.9 Å². The first-order valence-electron chi connectivity index (χ1n) is 6.13. The van der Waals surface area contributed by atoms with Gasteiger partial charge in [-0.05, 0) is 18.6 Å². The summed E-state index contributed by atoms with van der Waals surface area (Å²) in [5.41, 5.74) is 0.937. The Labute approximate surface area is 125 Å². The molecule has 0 aliphatic heterocycles. The molecule has 1 aromatic heterocycles. The van der Waals surface area contributed by atoms with Crippen LogP contribution in [0.1, 0.15) is 22.8 Å². The van der Waals surface area contributed by atoms with Crippen molar-refractivity contribution in [2.24, 2.45) is 0 Å². The zero-order valence-corrected chi connectivity index (χ0v) is 11.9. The van der Waals surface area contributed by atoms with Crippen molar-refractivity contribution < 1.29 is 14.5 Å². The SMILES string of the molecule is CCOC(=O)c1cnn(Cc2ccc([N+](=O)[O-])cc2Cl)c1. The Kier molecular flexibility index (Phi) is 4.54. The van der Waals surface area contributed by atoms with Crippen LogP contribution in [0.3, 0.4) is 0 Å². The van der Waals surface area contributed by atoms with Gasteiger partial charge in [-0.1, -0.05) is 11.6 Å². The highest BCUT2D eigenvalue weighted by Crippen LogP contribution is 2.23. The minimum Gasteiger partial charge on any atom is -0.462 e. The van der Waals surface area contributed by atoms with Gasteiger partial charge in [0.2, 0.25) is 0 Å². The van der Waals surface area contributed by atoms with Gasteiger partial charge in [0, 0.05) is 18.3 Å². The average Bonchev–Trinajstić information content (AvgIpc) is 2.90. The lowest BCUT2D eigenvalue weighted by Gasteiger charge is -2.04. The summed E-state index contributed by atoms with van der Waals surface area (Å²) >= 11 is 6.01. The van der Waals surface area contributed by atoms with Gasteiger partial charge in [0.15, 0.2) is 0 Å². The molecule has 0 bridgehead atoms. The standard InChI is InChI=1S/C13H12ClN3O4/c1-2-21-13(18)10-6-15-16(8-10)7-9-3-4-11(17(19)20)5-12(9)14/h3-6,8H,2,7H2,1H3. The van der Waals surface area contributed by atoms with Crippen LogP contribution >= 0.6 is 11.6 Å². The van der Waals surface area contributed by atoms with Gasteiger partial charge in [0.25, 0.3) is 5.69 Å². The first-order valence-corrected chi connectivity index (χ1v) is 6.51. The number of esters is 1. The summed E-state index contributed by atoms with van der Waals surface area (Å²) in [4.78, 5) is 21.6. The van der Waals surface area contributed by atoms with Crippen molar-refractivity contribution in [1.82, 2.24) is 9.78 Å². The summed E-state index contributed by atoms with van der Waals surface area (Å²) in [6.45, 7) is 2.31. The highest BCUT2D eigenvalue weighted by Gasteiger charge is 2.12. The summed E-state index contributed by atoms with van der Waals surface area (Å²) in [7, 11) is 0. The third-order valence-electron chi connectivity index (χ3n) is 2.72. The van der Waals surface area contributed by atoms with E-state index in [9.17, 15) is 14.9 Å². The third-order valence-corrected chi connectivity index (χ3v) is 3.08. The Morgan fingerprint density at radius 1 is 1.52 bits per heavy atom. The van der Waals surface area contributed by atoms with Crippen LogP contribution in [0.5, 0.6) is 0 Å². The highest BCUT2D eigenvalue weighted by molar-refractivity contribution is 6.31. The van der Waals surface area contributed by atoms with E-state index >= 15 is 0 Å². The van der Waals surface area contributed by atoms with E-state index in [1.807, 2.05) is 0 Å². The number of hydrogen-bond acceptors (Lipinski definition) is 5. The van der Waals surface area contributed by atoms with Crippen molar-refractivity contribution in [2.75, 3.05) is 6.61 Å². The van der Waals surface area contributed by atoms with Crippen molar-refractivity contribution >= 4 is 23.3 Å². The van der Waals surface area contributed by atoms with Crippen LogP contribution in [0.2, 0.25) is 5.02 Å². The van der Waals surface area contributed by atoms with E-state index in [4.69, 9.17) is 16.3 Å². The number of rotatable bonds is 5. The number of nitro groups is 1. The van der Waals surface area contributed by atoms with Gasteiger partial charge in [0.05, 0.1) is 34.9 Å². The molecule has 0 unspecified atom stereocenters. The molecule has 8 heteroatoms. The number of benzene rings is 1. The van der Waals surface area contributed by atoms with E-state index in [2.05, 4.69) is 5.10 Å². The number of ether oxygens (including phenoxy) is 1. The maximum Gasteiger partial charge on any atom is 0.341 e. The largest absolute Gasteiger partial charge is 0.462 e. The minimum atomic E-state index is -0.511. The molecule has 1 aromatic carbocycles. The second kappa shape index (κ2) is 6.36. The molecule has 1 heterocycles. The van der Waals surface area contributed by atoms with Crippen LogP contribution in [-0.4, -0.2) is 27.3 Å². The lowest BCUT2D eigenvalue weighted by atomic mass is 10.2. The van der Waals surface area contributed by atoms with E-state index in [0.29, 0.717) is 17.7 Å². The molecular weight excluding hydrogens is 298 g/mol. The zero-order valence-electron chi connectivity index (χ0n) is 11.2. The molecule has 21 heavy (non-hydrogen) atoms. The number of nitrogens with zero attached hydrogens (tertiary/aromatic N) is 3. The molecule has 110 valence electrons. The summed E-state index contributed by atoms with van der Waals surface area (Å²) in [5.74, 6) is -0.446. The van der Waals surface area contributed by atoms with Crippen molar-refractivity contribution in [3.05, 3.63) is 56.9 Å². The molecular formula is C13H12ClN3O4. The van der Waals surface area contributed by atoms with Gasteiger partial charge in [-0.3, -0.25) is 14.8 Å². The Hall–Kier alpha value is -2.41. The Morgan fingerprint density at radius 3 is 2.90 bits per heavy atom. The fraction of sp³-hybridized carbons (Fsp3) is 0.231. The predicted octanol–water partition coefficient (Wildman–Crippen LogP) is 2.67. The summed E-state index contributed by atoms with van der Waals surface area (Å²) in [6, 6.07) is 4.22. The van der Waals surface area contributed by atoms with E-state index in [0.717, 1.165) is 0 Å². The quantitative estimate of drug-likeness (QED) is 0.481. The van der Waals surface area contributed by atoms with E-state index in [1.54, 1.807) is 13.0 Å². The fourth-order valence-corrected chi connectivity index (χ4v) is 1.96. The van der Waals surface area contributed by atoms with Crippen LogP contribution in [0.15, 0.2) is 30.6 Å². The number of aromatic nitrogens is 2.